The lowest BCUT2D eigenvalue weighted by Crippen LogP contribution is -2.24. The first-order chi connectivity index (χ1) is 16.7. The van der Waals surface area contributed by atoms with Crippen LogP contribution in [0.1, 0.15) is 50.1 Å². The average molecular weight is 462 g/mol. The molecule has 0 bridgehead atoms. The first kappa shape index (κ1) is 23.0. The van der Waals surface area contributed by atoms with E-state index in [2.05, 4.69) is 32.9 Å². The Kier molecular flexibility index (Phi) is 7.89. The van der Waals surface area contributed by atoms with Crippen LogP contribution in [0.5, 0.6) is 17.2 Å². The molecule has 9 nitrogen and oxygen atoms in total. The van der Waals surface area contributed by atoms with Crippen LogP contribution in [0, 0.1) is 0 Å². The molecule has 0 aliphatic carbocycles. The summed E-state index contributed by atoms with van der Waals surface area (Å²) in [4.78, 5) is 12.5. The molecule has 1 atom stereocenters. The van der Waals surface area contributed by atoms with E-state index < -0.39 is 6.10 Å². The van der Waals surface area contributed by atoms with E-state index in [1.54, 1.807) is 30.5 Å². The minimum Gasteiger partial charge on any atom is -0.485 e. The summed E-state index contributed by atoms with van der Waals surface area (Å²) < 4.78 is 17.3. The van der Waals surface area contributed by atoms with E-state index >= 15 is 0 Å². The third-order valence-corrected chi connectivity index (χ3v) is 5.12. The first-order valence-corrected chi connectivity index (χ1v) is 11.3. The monoisotopic (exact) mass is 461 g/mol. The molecule has 1 aliphatic rings. The van der Waals surface area contributed by atoms with Crippen LogP contribution in [-0.4, -0.2) is 33.1 Å². The Morgan fingerprint density at radius 3 is 2.91 bits per heavy atom. The normalized spacial score (nSPS) is 15.0. The van der Waals surface area contributed by atoms with Crippen molar-refractivity contribution < 1.29 is 19.0 Å². The highest BCUT2D eigenvalue weighted by Crippen LogP contribution is 2.41. The number of carbonyl (C=O) groups is 1. The molecule has 0 saturated carbocycles. The Balaban J connectivity index is 1.32. The fourth-order valence-corrected chi connectivity index (χ4v) is 3.34. The summed E-state index contributed by atoms with van der Waals surface area (Å²) in [6.07, 6.45) is 11.1. The van der Waals surface area contributed by atoms with Gasteiger partial charge in [0.15, 0.2) is 17.6 Å². The van der Waals surface area contributed by atoms with Gasteiger partial charge in [-0.05, 0) is 54.8 Å². The summed E-state index contributed by atoms with van der Waals surface area (Å²) in [5, 5.41) is 16.7. The molecule has 1 aromatic heterocycles. The van der Waals surface area contributed by atoms with Gasteiger partial charge in [0.2, 0.25) is 11.7 Å². The van der Waals surface area contributed by atoms with Crippen molar-refractivity contribution in [3.8, 4) is 17.2 Å². The van der Waals surface area contributed by atoms with E-state index in [0.717, 1.165) is 17.7 Å². The van der Waals surface area contributed by atoms with Gasteiger partial charge < -0.3 is 19.5 Å². The van der Waals surface area contributed by atoms with Crippen molar-refractivity contribution in [1.82, 2.24) is 20.6 Å². The molecule has 1 amide bonds. The molecule has 0 fully saturated rings. The van der Waals surface area contributed by atoms with E-state index in [-0.39, 0.29) is 12.5 Å². The first-order valence-electron chi connectivity index (χ1n) is 11.3. The number of H-pyrrole nitrogens is 1. The number of carbonyl (C=O) groups excluding carboxylic acids is 1. The van der Waals surface area contributed by atoms with Gasteiger partial charge in [-0.1, -0.05) is 43.2 Å². The predicted molar refractivity (Wildman–Crippen MR) is 127 cm³/mol. The second kappa shape index (κ2) is 11.6. The molecule has 34 heavy (non-hydrogen) atoms. The number of anilines is 1. The Morgan fingerprint density at radius 2 is 2.12 bits per heavy atom. The van der Waals surface area contributed by atoms with Crippen molar-refractivity contribution in [3.05, 3.63) is 72.3 Å². The van der Waals surface area contributed by atoms with Crippen LogP contribution in [-0.2, 0) is 4.79 Å². The van der Waals surface area contributed by atoms with Gasteiger partial charge in [0, 0.05) is 6.08 Å². The van der Waals surface area contributed by atoms with E-state index in [9.17, 15) is 4.79 Å². The maximum absolute atomic E-state index is 12.5. The molecule has 4 rings (SSSR count). The standard InChI is InChI=1S/C25H27N5O4/c1-2-3-4-5-6-16-32-19-13-10-18(11-14-19)12-15-23(31)26-20-8-7-9-21-24(20)34-22(17-33-21)25-27-29-30-28-25/h6-16,22H,2-5,17H2,1H3,(H,26,31)(H,27,28,29,30). The van der Waals surface area contributed by atoms with Crippen molar-refractivity contribution in [2.45, 2.75) is 38.7 Å². The molecule has 3 aromatic rings. The summed E-state index contributed by atoms with van der Waals surface area (Å²) in [7, 11) is 0. The van der Waals surface area contributed by atoms with E-state index in [1.807, 2.05) is 30.3 Å². The summed E-state index contributed by atoms with van der Waals surface area (Å²) >= 11 is 0. The highest BCUT2D eigenvalue weighted by molar-refractivity contribution is 6.03. The van der Waals surface area contributed by atoms with Crippen molar-refractivity contribution in [1.29, 1.82) is 0 Å². The molecule has 9 heteroatoms. The van der Waals surface area contributed by atoms with Gasteiger partial charge in [0.1, 0.15) is 12.4 Å². The molecule has 176 valence electrons. The summed E-state index contributed by atoms with van der Waals surface area (Å²) in [5.74, 6) is 1.80. The van der Waals surface area contributed by atoms with E-state index in [0.29, 0.717) is 23.0 Å². The molecule has 0 spiro atoms. The number of aromatic nitrogens is 4. The number of benzene rings is 2. The summed E-state index contributed by atoms with van der Waals surface area (Å²) in [6.45, 7) is 2.43. The van der Waals surface area contributed by atoms with Crippen LogP contribution >= 0.6 is 0 Å². The fourth-order valence-electron chi connectivity index (χ4n) is 3.34. The van der Waals surface area contributed by atoms with Crippen LogP contribution in [0.4, 0.5) is 5.69 Å². The zero-order valence-electron chi connectivity index (χ0n) is 18.9. The number of amides is 1. The van der Waals surface area contributed by atoms with Crippen LogP contribution in [0.3, 0.4) is 0 Å². The largest absolute Gasteiger partial charge is 0.485 e. The number of ether oxygens (including phenoxy) is 3. The number of aromatic amines is 1. The molecule has 0 saturated heterocycles. The fraction of sp³-hybridized carbons (Fsp3) is 0.280. The van der Waals surface area contributed by atoms with Gasteiger partial charge in [-0.15, -0.1) is 10.2 Å². The number of nitrogens with zero attached hydrogens (tertiary/aromatic N) is 3. The molecule has 1 aliphatic heterocycles. The third-order valence-electron chi connectivity index (χ3n) is 5.12. The predicted octanol–water partition coefficient (Wildman–Crippen LogP) is 4.84. The van der Waals surface area contributed by atoms with Crippen LogP contribution < -0.4 is 19.5 Å². The lowest BCUT2D eigenvalue weighted by atomic mass is 10.2. The Morgan fingerprint density at radius 1 is 1.24 bits per heavy atom. The second-order valence-electron chi connectivity index (χ2n) is 7.70. The summed E-state index contributed by atoms with van der Waals surface area (Å²) in [6, 6.07) is 12.8. The van der Waals surface area contributed by atoms with E-state index in [4.69, 9.17) is 14.2 Å². The lowest BCUT2D eigenvalue weighted by molar-refractivity contribution is -0.111. The zero-order valence-corrected chi connectivity index (χ0v) is 18.9. The lowest BCUT2D eigenvalue weighted by Gasteiger charge is -2.26. The van der Waals surface area contributed by atoms with Crippen LogP contribution in [0.2, 0.25) is 0 Å². The number of tetrazole rings is 1. The summed E-state index contributed by atoms with van der Waals surface area (Å²) in [5.41, 5.74) is 1.37. The maximum Gasteiger partial charge on any atom is 0.248 e. The van der Waals surface area contributed by atoms with Crippen LogP contribution in [0.15, 0.2) is 60.9 Å². The maximum atomic E-state index is 12.5. The minimum atomic E-state index is -0.522. The van der Waals surface area contributed by atoms with Gasteiger partial charge in [-0.2, -0.15) is 5.21 Å². The minimum absolute atomic E-state index is 0.248. The number of hydrogen-bond acceptors (Lipinski definition) is 7. The smallest absolute Gasteiger partial charge is 0.248 e. The van der Waals surface area contributed by atoms with Gasteiger partial charge in [0.25, 0.3) is 0 Å². The van der Waals surface area contributed by atoms with Crippen LogP contribution in [0.25, 0.3) is 6.08 Å². The number of fused-ring (bicyclic) bond motifs is 1. The number of allylic oxidation sites excluding steroid dienone is 1. The number of unbranched alkanes of at least 4 members (excludes halogenated alkanes) is 3. The average Bonchev–Trinajstić information content (AvgIpc) is 3.41. The Bertz CT molecular complexity index is 1130. The molecule has 0 radical (unpaired) electrons. The second-order valence-corrected chi connectivity index (χ2v) is 7.70. The molecule has 2 N–H and O–H groups in total. The quantitative estimate of drug-likeness (QED) is 0.252. The Labute approximate surface area is 197 Å². The molecular formula is C25H27N5O4. The van der Waals surface area contributed by atoms with Crippen molar-refractivity contribution in [2.75, 3.05) is 11.9 Å². The van der Waals surface area contributed by atoms with Crippen molar-refractivity contribution in [3.63, 3.8) is 0 Å². The molecular weight excluding hydrogens is 434 g/mol. The highest BCUT2D eigenvalue weighted by atomic mass is 16.6. The van der Waals surface area contributed by atoms with Gasteiger partial charge in [-0.25, -0.2) is 0 Å². The Hall–Kier alpha value is -4.14. The topological polar surface area (TPSA) is 111 Å². The van der Waals surface area contributed by atoms with Crippen molar-refractivity contribution in [2.24, 2.45) is 0 Å². The number of hydrogen-bond donors (Lipinski definition) is 2. The van der Waals surface area contributed by atoms with Gasteiger partial charge in [-0.3, -0.25) is 4.79 Å². The number of para-hydroxylation sites is 1. The van der Waals surface area contributed by atoms with Gasteiger partial charge in [0.05, 0.1) is 11.9 Å². The van der Waals surface area contributed by atoms with Gasteiger partial charge >= 0.3 is 0 Å². The molecule has 2 heterocycles. The van der Waals surface area contributed by atoms with Crippen molar-refractivity contribution >= 4 is 17.7 Å². The SMILES string of the molecule is CCCCCC=COc1ccc(C=CC(=O)Nc2cccc3c2OC(c2nn[nH]n2)CO3)cc1. The highest BCUT2D eigenvalue weighted by Gasteiger charge is 2.28. The number of nitrogens with one attached hydrogen (secondary N) is 2. The third kappa shape index (κ3) is 6.22. The van der Waals surface area contributed by atoms with E-state index in [1.165, 1.54) is 25.3 Å². The molecule has 1 unspecified atom stereocenters. The number of rotatable bonds is 10. The zero-order chi connectivity index (χ0) is 23.6. The molecule has 2 aromatic carbocycles.